The van der Waals surface area contributed by atoms with E-state index in [-0.39, 0.29) is 5.89 Å². The second-order valence-electron chi connectivity index (χ2n) is 5.89. The molecule has 0 spiro atoms. The van der Waals surface area contributed by atoms with Gasteiger partial charge in [0.2, 0.25) is 5.89 Å². The van der Waals surface area contributed by atoms with Gasteiger partial charge in [-0.25, -0.2) is 4.79 Å². The number of fused-ring (bicyclic) bond motifs is 1. The van der Waals surface area contributed by atoms with Crippen molar-refractivity contribution in [3.8, 4) is 11.5 Å². The zero-order valence-corrected chi connectivity index (χ0v) is 14.1. The van der Waals surface area contributed by atoms with Gasteiger partial charge in [-0.15, -0.1) is 10.2 Å². The van der Waals surface area contributed by atoms with Crippen molar-refractivity contribution in [1.82, 2.24) is 10.2 Å². The molecule has 4 aromatic rings. The molecule has 0 aliphatic carbocycles. The number of rotatable bonds is 4. The molecule has 0 saturated heterocycles. The van der Waals surface area contributed by atoms with Crippen LogP contribution in [-0.4, -0.2) is 16.2 Å². The number of aromatic nitrogens is 2. The van der Waals surface area contributed by atoms with Crippen molar-refractivity contribution < 1.29 is 13.9 Å². The Labute approximate surface area is 150 Å². The van der Waals surface area contributed by atoms with Gasteiger partial charge in [0.1, 0.15) is 0 Å². The summed E-state index contributed by atoms with van der Waals surface area (Å²) in [6, 6.07) is 22.7. The lowest BCUT2D eigenvalue weighted by Gasteiger charge is -2.11. The topological polar surface area (TPSA) is 65.2 Å². The first-order chi connectivity index (χ1) is 12.7. The summed E-state index contributed by atoms with van der Waals surface area (Å²) in [5.41, 5.74) is 1.33. The molecule has 0 amide bonds. The number of benzene rings is 3. The van der Waals surface area contributed by atoms with E-state index in [1.54, 1.807) is 13.0 Å². The van der Waals surface area contributed by atoms with Crippen LogP contribution in [0.2, 0.25) is 0 Å². The van der Waals surface area contributed by atoms with Crippen molar-refractivity contribution in [2.24, 2.45) is 0 Å². The third-order valence-electron chi connectivity index (χ3n) is 4.10. The molecule has 0 unspecified atom stereocenters. The molecule has 3 aromatic carbocycles. The van der Waals surface area contributed by atoms with Gasteiger partial charge in [-0.05, 0) is 35.9 Å². The molecule has 0 aliphatic rings. The Balaban J connectivity index is 1.55. The quantitative estimate of drug-likeness (QED) is 0.497. The Bertz CT molecular complexity index is 1050. The average Bonchev–Trinajstić information content (AvgIpc) is 3.18. The van der Waals surface area contributed by atoms with E-state index in [0.29, 0.717) is 11.5 Å². The van der Waals surface area contributed by atoms with Crippen LogP contribution in [0.5, 0.6) is 0 Å². The van der Waals surface area contributed by atoms with Crippen molar-refractivity contribution >= 4 is 16.7 Å². The van der Waals surface area contributed by atoms with Gasteiger partial charge in [0, 0.05) is 5.56 Å². The van der Waals surface area contributed by atoms with Gasteiger partial charge in [0.25, 0.3) is 5.89 Å². The summed E-state index contributed by atoms with van der Waals surface area (Å²) >= 11 is 0. The Hall–Kier alpha value is -3.47. The molecule has 0 aliphatic heterocycles. The van der Waals surface area contributed by atoms with E-state index >= 15 is 0 Å². The Morgan fingerprint density at radius 1 is 0.923 bits per heavy atom. The van der Waals surface area contributed by atoms with Gasteiger partial charge >= 0.3 is 5.97 Å². The summed E-state index contributed by atoms with van der Waals surface area (Å²) in [6.07, 6.45) is -0.647. The first kappa shape index (κ1) is 16.0. The summed E-state index contributed by atoms with van der Waals surface area (Å²) in [4.78, 5) is 12.6. The molecule has 1 aromatic heterocycles. The molecule has 5 nitrogen and oxygen atoms in total. The third-order valence-corrected chi connectivity index (χ3v) is 4.10. The van der Waals surface area contributed by atoms with Crippen molar-refractivity contribution in [3.63, 3.8) is 0 Å². The van der Waals surface area contributed by atoms with Crippen LogP contribution in [0.3, 0.4) is 0 Å². The highest BCUT2D eigenvalue weighted by Crippen LogP contribution is 2.25. The smallest absolute Gasteiger partial charge is 0.339 e. The normalized spacial score (nSPS) is 12.0. The van der Waals surface area contributed by atoms with E-state index in [9.17, 15) is 4.79 Å². The highest BCUT2D eigenvalue weighted by atomic mass is 16.6. The molecule has 1 heterocycles. The summed E-state index contributed by atoms with van der Waals surface area (Å²) in [6.45, 7) is 1.71. The number of hydrogen-bond acceptors (Lipinski definition) is 5. The largest absolute Gasteiger partial charge is 0.449 e. The molecule has 26 heavy (non-hydrogen) atoms. The molecule has 128 valence electrons. The van der Waals surface area contributed by atoms with Gasteiger partial charge < -0.3 is 9.15 Å². The van der Waals surface area contributed by atoms with Crippen LogP contribution in [0.4, 0.5) is 0 Å². The zero-order valence-electron chi connectivity index (χ0n) is 14.1. The highest BCUT2D eigenvalue weighted by molar-refractivity contribution is 6.04. The van der Waals surface area contributed by atoms with Crippen molar-refractivity contribution in [3.05, 3.63) is 84.3 Å². The fourth-order valence-electron chi connectivity index (χ4n) is 2.77. The van der Waals surface area contributed by atoms with E-state index < -0.39 is 12.1 Å². The van der Waals surface area contributed by atoms with Crippen LogP contribution in [0.15, 0.2) is 77.2 Å². The SMILES string of the molecule is C[C@H](OC(=O)c1cccc2ccccc12)c1nnc(-c2ccccc2)o1. The van der Waals surface area contributed by atoms with Gasteiger partial charge in [0.05, 0.1) is 5.56 Å². The maximum absolute atomic E-state index is 12.6. The summed E-state index contributed by atoms with van der Waals surface area (Å²) < 4.78 is 11.2. The summed E-state index contributed by atoms with van der Waals surface area (Å²) in [7, 11) is 0. The van der Waals surface area contributed by atoms with Crippen molar-refractivity contribution in [1.29, 1.82) is 0 Å². The van der Waals surface area contributed by atoms with Crippen molar-refractivity contribution in [2.75, 3.05) is 0 Å². The Morgan fingerprint density at radius 3 is 2.50 bits per heavy atom. The highest BCUT2D eigenvalue weighted by Gasteiger charge is 2.21. The van der Waals surface area contributed by atoms with Gasteiger partial charge in [0.15, 0.2) is 6.10 Å². The van der Waals surface area contributed by atoms with Crippen molar-refractivity contribution in [2.45, 2.75) is 13.0 Å². The van der Waals surface area contributed by atoms with E-state index in [1.165, 1.54) is 0 Å². The van der Waals surface area contributed by atoms with E-state index in [4.69, 9.17) is 9.15 Å². The van der Waals surface area contributed by atoms with Gasteiger partial charge in [-0.3, -0.25) is 0 Å². The number of nitrogens with zero attached hydrogens (tertiary/aromatic N) is 2. The fourth-order valence-corrected chi connectivity index (χ4v) is 2.77. The molecule has 5 heteroatoms. The molecule has 0 fully saturated rings. The second-order valence-corrected chi connectivity index (χ2v) is 5.89. The number of carbonyl (C=O) groups is 1. The lowest BCUT2D eigenvalue weighted by atomic mass is 10.0. The monoisotopic (exact) mass is 344 g/mol. The predicted molar refractivity (Wildman–Crippen MR) is 97.5 cm³/mol. The van der Waals surface area contributed by atoms with E-state index in [0.717, 1.165) is 16.3 Å². The van der Waals surface area contributed by atoms with Crippen LogP contribution < -0.4 is 0 Å². The fraction of sp³-hybridized carbons (Fsp3) is 0.0952. The van der Waals surface area contributed by atoms with Crippen LogP contribution in [0.25, 0.3) is 22.2 Å². The average molecular weight is 344 g/mol. The van der Waals surface area contributed by atoms with Crippen LogP contribution in [0.1, 0.15) is 29.3 Å². The van der Waals surface area contributed by atoms with Gasteiger partial charge in [-0.2, -0.15) is 0 Å². The summed E-state index contributed by atoms with van der Waals surface area (Å²) in [5, 5.41) is 9.87. The minimum absolute atomic E-state index is 0.262. The molecule has 0 bridgehead atoms. The minimum atomic E-state index is -0.647. The zero-order chi connectivity index (χ0) is 17.9. The standard InChI is InChI=1S/C21H16N2O3/c1-14(19-22-23-20(26-19)16-9-3-2-4-10-16)25-21(24)18-13-7-11-15-8-5-6-12-17(15)18/h2-14H,1H3/t14-/m0/s1. The maximum atomic E-state index is 12.6. The number of carbonyl (C=O) groups excluding carboxylic acids is 1. The second kappa shape index (κ2) is 6.80. The number of hydrogen-bond donors (Lipinski definition) is 0. The van der Waals surface area contributed by atoms with Crippen LogP contribution >= 0.6 is 0 Å². The Morgan fingerprint density at radius 2 is 1.65 bits per heavy atom. The summed E-state index contributed by atoms with van der Waals surface area (Å²) in [5.74, 6) is 0.236. The first-order valence-corrected chi connectivity index (χ1v) is 8.30. The predicted octanol–water partition coefficient (Wildman–Crippen LogP) is 4.81. The number of esters is 1. The minimum Gasteiger partial charge on any atom is -0.449 e. The molecule has 0 N–H and O–H groups in total. The van der Waals surface area contributed by atoms with Crippen LogP contribution in [0, 0.1) is 0 Å². The van der Waals surface area contributed by atoms with E-state index in [1.807, 2.05) is 66.7 Å². The molecular weight excluding hydrogens is 328 g/mol. The number of ether oxygens (including phenoxy) is 1. The first-order valence-electron chi connectivity index (χ1n) is 8.30. The molecule has 4 rings (SSSR count). The Kier molecular flexibility index (Phi) is 4.19. The van der Waals surface area contributed by atoms with Crippen LogP contribution in [-0.2, 0) is 4.74 Å². The van der Waals surface area contributed by atoms with Gasteiger partial charge in [-0.1, -0.05) is 54.6 Å². The maximum Gasteiger partial charge on any atom is 0.339 e. The molecule has 0 radical (unpaired) electrons. The lowest BCUT2D eigenvalue weighted by molar-refractivity contribution is 0.0282. The lowest BCUT2D eigenvalue weighted by Crippen LogP contribution is -2.10. The molecule has 0 saturated carbocycles. The third kappa shape index (κ3) is 3.07. The molecular formula is C21H16N2O3. The molecule has 1 atom stereocenters. The van der Waals surface area contributed by atoms with E-state index in [2.05, 4.69) is 10.2 Å².